The summed E-state index contributed by atoms with van der Waals surface area (Å²) >= 11 is 5.75. The van der Waals surface area contributed by atoms with Crippen molar-refractivity contribution in [2.75, 3.05) is 12.0 Å². The van der Waals surface area contributed by atoms with Gasteiger partial charge in [-0.1, -0.05) is 36.8 Å². The first-order valence-corrected chi connectivity index (χ1v) is 9.15. The SMILES string of the molecule is CCCCC#C[C@](OS(C)(=O)=O)(c1cc(Cl)ccc1N)C(F)(F)F. The second-order valence-electron chi connectivity index (χ2n) is 5.10. The fourth-order valence-electron chi connectivity index (χ4n) is 1.92. The Balaban J connectivity index is 3.68. The molecule has 1 rings (SSSR count). The first-order valence-electron chi connectivity index (χ1n) is 6.96. The maximum absolute atomic E-state index is 13.8. The van der Waals surface area contributed by atoms with Gasteiger partial charge in [0.1, 0.15) is 0 Å². The van der Waals surface area contributed by atoms with Crippen LogP contribution in [0.15, 0.2) is 18.2 Å². The number of anilines is 1. The summed E-state index contributed by atoms with van der Waals surface area (Å²) in [6, 6.07) is 3.33. The van der Waals surface area contributed by atoms with Crippen molar-refractivity contribution >= 4 is 27.4 Å². The van der Waals surface area contributed by atoms with Gasteiger partial charge in [-0.25, -0.2) is 4.18 Å². The molecule has 1 aromatic carbocycles. The molecule has 0 aromatic heterocycles. The number of nitrogens with two attached hydrogens (primary N) is 1. The number of unbranched alkanes of at least 4 members (excludes halogenated alkanes) is 2. The average molecular weight is 384 g/mol. The van der Waals surface area contributed by atoms with Gasteiger partial charge in [0.25, 0.3) is 15.7 Å². The highest BCUT2D eigenvalue weighted by Gasteiger charge is 2.60. The second-order valence-corrected chi connectivity index (χ2v) is 7.11. The Hall–Kier alpha value is -1.43. The second kappa shape index (κ2) is 7.64. The van der Waals surface area contributed by atoms with Crippen LogP contribution in [0, 0.1) is 11.8 Å². The Morgan fingerprint density at radius 3 is 2.46 bits per heavy atom. The molecule has 0 bridgehead atoms. The molecule has 2 N–H and O–H groups in total. The van der Waals surface area contributed by atoms with Gasteiger partial charge >= 0.3 is 6.18 Å². The predicted molar refractivity (Wildman–Crippen MR) is 86.8 cm³/mol. The topological polar surface area (TPSA) is 69.4 Å². The van der Waals surface area contributed by atoms with E-state index in [0.29, 0.717) is 12.7 Å². The van der Waals surface area contributed by atoms with Crippen molar-refractivity contribution in [3.8, 4) is 11.8 Å². The number of halogens is 4. The van der Waals surface area contributed by atoms with Crippen LogP contribution < -0.4 is 5.73 Å². The fourth-order valence-corrected chi connectivity index (χ4v) is 2.77. The van der Waals surface area contributed by atoms with Gasteiger partial charge in [0, 0.05) is 22.7 Å². The van der Waals surface area contributed by atoms with E-state index in [1.165, 1.54) is 6.07 Å². The minimum absolute atomic E-state index is 0.0553. The Bertz CT molecular complexity index is 753. The van der Waals surface area contributed by atoms with E-state index in [2.05, 4.69) is 10.1 Å². The third kappa shape index (κ3) is 5.03. The van der Waals surface area contributed by atoms with Crippen molar-refractivity contribution in [1.82, 2.24) is 0 Å². The lowest BCUT2D eigenvalue weighted by Gasteiger charge is -2.31. The molecule has 0 fully saturated rings. The molecule has 9 heteroatoms. The van der Waals surface area contributed by atoms with E-state index in [4.69, 9.17) is 17.3 Å². The monoisotopic (exact) mass is 383 g/mol. The zero-order valence-corrected chi connectivity index (χ0v) is 14.6. The fraction of sp³-hybridized carbons (Fsp3) is 0.467. The van der Waals surface area contributed by atoms with Gasteiger partial charge < -0.3 is 5.73 Å². The molecular formula is C15H17ClF3NO3S. The number of hydrogen-bond acceptors (Lipinski definition) is 4. The van der Waals surface area contributed by atoms with E-state index in [9.17, 15) is 21.6 Å². The van der Waals surface area contributed by atoms with Gasteiger partial charge in [0.2, 0.25) is 0 Å². The summed E-state index contributed by atoms with van der Waals surface area (Å²) in [4.78, 5) is 0. The van der Waals surface area contributed by atoms with Crippen LogP contribution in [0.1, 0.15) is 31.7 Å². The van der Waals surface area contributed by atoms with Gasteiger partial charge in [0.05, 0.1) is 6.26 Å². The standard InChI is InChI=1S/C15H17ClF3NO3S/c1-3-4-5-6-9-14(15(17,18)19,23-24(2,21)22)12-10-11(16)7-8-13(12)20/h7-8,10H,3-5,20H2,1-2H3/t14-/m0/s1. The number of hydrogen-bond donors (Lipinski definition) is 1. The number of rotatable bonds is 5. The van der Waals surface area contributed by atoms with Crippen LogP contribution in [0.2, 0.25) is 5.02 Å². The van der Waals surface area contributed by atoms with Crippen LogP contribution in [0.5, 0.6) is 0 Å². The smallest absolute Gasteiger partial charge is 0.398 e. The molecule has 0 saturated carbocycles. The van der Waals surface area contributed by atoms with Crippen LogP contribution in [0.25, 0.3) is 0 Å². The van der Waals surface area contributed by atoms with Crippen molar-refractivity contribution < 1.29 is 25.8 Å². The third-order valence-electron chi connectivity index (χ3n) is 2.99. The van der Waals surface area contributed by atoms with Gasteiger partial charge in [0.15, 0.2) is 0 Å². The number of alkyl halides is 3. The molecule has 1 aromatic rings. The Morgan fingerprint density at radius 2 is 1.96 bits per heavy atom. The summed E-state index contributed by atoms with van der Waals surface area (Å²) < 4.78 is 68.9. The highest BCUT2D eigenvalue weighted by molar-refractivity contribution is 7.86. The maximum Gasteiger partial charge on any atom is 0.434 e. The van der Waals surface area contributed by atoms with E-state index < -0.39 is 27.5 Å². The molecule has 1 atom stereocenters. The van der Waals surface area contributed by atoms with Crippen LogP contribution in [0.3, 0.4) is 0 Å². The van der Waals surface area contributed by atoms with E-state index >= 15 is 0 Å². The highest BCUT2D eigenvalue weighted by Crippen LogP contribution is 2.45. The Labute approximate surface area is 144 Å². The molecule has 0 aliphatic rings. The van der Waals surface area contributed by atoms with Gasteiger partial charge in [-0.05, 0) is 24.6 Å². The molecule has 0 amide bonds. The van der Waals surface area contributed by atoms with E-state index in [1.54, 1.807) is 0 Å². The van der Waals surface area contributed by atoms with Crippen molar-refractivity contribution in [2.45, 2.75) is 38.0 Å². The Morgan fingerprint density at radius 1 is 1.33 bits per heavy atom. The van der Waals surface area contributed by atoms with Crippen LogP contribution in [0.4, 0.5) is 18.9 Å². The summed E-state index contributed by atoms with van der Waals surface area (Å²) in [6.45, 7) is 1.85. The van der Waals surface area contributed by atoms with E-state index in [1.807, 2.05) is 12.8 Å². The lowest BCUT2D eigenvalue weighted by Crippen LogP contribution is -2.45. The van der Waals surface area contributed by atoms with Gasteiger partial charge in [-0.15, -0.1) is 0 Å². The number of benzene rings is 1. The lowest BCUT2D eigenvalue weighted by molar-refractivity contribution is -0.228. The third-order valence-corrected chi connectivity index (χ3v) is 3.78. The molecule has 0 spiro atoms. The van der Waals surface area contributed by atoms with Crippen molar-refractivity contribution in [2.24, 2.45) is 0 Å². The summed E-state index contributed by atoms with van der Waals surface area (Å²) in [5.41, 5.74) is 1.22. The van der Waals surface area contributed by atoms with Crippen molar-refractivity contribution in [1.29, 1.82) is 0 Å². The zero-order chi connectivity index (χ0) is 18.6. The van der Waals surface area contributed by atoms with Gasteiger partial charge in [-0.3, -0.25) is 0 Å². The molecule has 24 heavy (non-hydrogen) atoms. The zero-order valence-electron chi connectivity index (χ0n) is 13.1. The first kappa shape index (κ1) is 20.6. The molecule has 134 valence electrons. The maximum atomic E-state index is 13.8. The summed E-state index contributed by atoms with van der Waals surface area (Å²) in [5, 5.41) is -0.0553. The largest absolute Gasteiger partial charge is 0.434 e. The van der Waals surface area contributed by atoms with Crippen LogP contribution in [-0.4, -0.2) is 20.8 Å². The highest BCUT2D eigenvalue weighted by atomic mass is 35.5. The van der Waals surface area contributed by atoms with Crippen molar-refractivity contribution in [3.63, 3.8) is 0 Å². The van der Waals surface area contributed by atoms with Gasteiger partial charge in [-0.2, -0.15) is 21.6 Å². The molecule has 0 aliphatic carbocycles. The molecule has 0 aliphatic heterocycles. The van der Waals surface area contributed by atoms with Crippen molar-refractivity contribution in [3.05, 3.63) is 28.8 Å². The average Bonchev–Trinajstić information content (AvgIpc) is 2.42. The predicted octanol–water partition coefficient (Wildman–Crippen LogP) is 3.85. The van der Waals surface area contributed by atoms with E-state index in [0.717, 1.165) is 18.6 Å². The minimum Gasteiger partial charge on any atom is -0.398 e. The molecule has 0 heterocycles. The Kier molecular flexibility index (Phi) is 6.56. The molecule has 4 nitrogen and oxygen atoms in total. The molecular weight excluding hydrogens is 367 g/mol. The summed E-state index contributed by atoms with van der Waals surface area (Å²) in [5.74, 6) is 4.28. The normalized spacial score (nSPS) is 14.6. The van der Waals surface area contributed by atoms with Crippen LogP contribution >= 0.6 is 11.6 Å². The first-order chi connectivity index (χ1) is 10.9. The quantitative estimate of drug-likeness (QED) is 0.363. The molecule has 0 radical (unpaired) electrons. The molecule has 0 saturated heterocycles. The summed E-state index contributed by atoms with van der Waals surface area (Å²) in [7, 11) is -4.51. The van der Waals surface area contributed by atoms with E-state index in [-0.39, 0.29) is 17.1 Å². The number of nitrogen functional groups attached to an aromatic ring is 1. The van der Waals surface area contributed by atoms with Crippen LogP contribution in [-0.2, 0) is 19.9 Å². The lowest BCUT2D eigenvalue weighted by atomic mass is 9.92. The molecule has 0 unspecified atom stereocenters. The minimum atomic E-state index is -5.16. The summed E-state index contributed by atoms with van der Waals surface area (Å²) in [6.07, 6.45) is -3.21.